The second kappa shape index (κ2) is 6.78. The van der Waals surface area contributed by atoms with Crippen LogP contribution in [0.1, 0.15) is 69.9 Å². The minimum Gasteiger partial charge on any atom is -0.309 e. The predicted octanol–water partition coefficient (Wildman–Crippen LogP) is 5.43. The highest BCUT2D eigenvalue weighted by Crippen LogP contribution is 2.29. The van der Waals surface area contributed by atoms with Crippen molar-refractivity contribution < 1.29 is 0 Å². The molecule has 0 aromatic carbocycles. The van der Waals surface area contributed by atoms with Gasteiger partial charge in [-0.25, -0.2) is 9.97 Å². The zero-order valence-corrected chi connectivity index (χ0v) is 14.5. The van der Waals surface area contributed by atoms with Gasteiger partial charge < -0.3 is 4.57 Å². The Morgan fingerprint density at radius 3 is 2.43 bits per heavy atom. The Morgan fingerprint density at radius 1 is 1.10 bits per heavy atom. The fourth-order valence-corrected chi connectivity index (χ4v) is 2.91. The number of aromatic nitrogens is 3. The molecule has 0 aliphatic rings. The molecule has 0 saturated carbocycles. The van der Waals surface area contributed by atoms with Gasteiger partial charge in [0, 0.05) is 11.7 Å². The lowest BCUT2D eigenvalue weighted by Crippen LogP contribution is -2.11. The van der Waals surface area contributed by atoms with Crippen molar-refractivity contribution >= 4 is 22.8 Å². The van der Waals surface area contributed by atoms with Crippen LogP contribution < -0.4 is 0 Å². The summed E-state index contributed by atoms with van der Waals surface area (Å²) in [5.74, 6) is 1.69. The predicted molar refractivity (Wildman–Crippen MR) is 89.9 cm³/mol. The van der Waals surface area contributed by atoms with Gasteiger partial charge in [0.2, 0.25) is 0 Å². The van der Waals surface area contributed by atoms with E-state index < -0.39 is 0 Å². The summed E-state index contributed by atoms with van der Waals surface area (Å²) in [5, 5.41) is -0.105. The molecule has 2 atom stereocenters. The standard InChI is InChI=1S/C17H26ClN3/c1-11(2)7-6-8-13(4)21-16(14(5)18)20-15-10-9-12(3)19-17(15)21/h9-11,13-14H,6-8H2,1-5H3. The number of hydrogen-bond donors (Lipinski definition) is 0. The molecular weight excluding hydrogens is 282 g/mol. The molecule has 21 heavy (non-hydrogen) atoms. The molecule has 2 unspecified atom stereocenters. The van der Waals surface area contributed by atoms with Gasteiger partial charge in [0.15, 0.2) is 5.65 Å². The molecule has 2 rings (SSSR count). The van der Waals surface area contributed by atoms with E-state index in [1.165, 1.54) is 12.8 Å². The third-order valence-electron chi connectivity index (χ3n) is 3.90. The maximum Gasteiger partial charge on any atom is 0.160 e. The van der Waals surface area contributed by atoms with Gasteiger partial charge >= 0.3 is 0 Å². The first kappa shape index (κ1) is 16.3. The average molecular weight is 308 g/mol. The normalized spacial score (nSPS) is 14.8. The van der Waals surface area contributed by atoms with Gasteiger partial charge in [0.1, 0.15) is 11.3 Å². The van der Waals surface area contributed by atoms with Gasteiger partial charge in [-0.3, -0.25) is 0 Å². The second-order valence-corrected chi connectivity index (χ2v) is 7.08. The minimum absolute atomic E-state index is 0.105. The van der Waals surface area contributed by atoms with Gasteiger partial charge in [0.25, 0.3) is 0 Å². The maximum atomic E-state index is 6.34. The van der Waals surface area contributed by atoms with E-state index in [2.05, 4.69) is 35.3 Å². The first-order chi connectivity index (χ1) is 9.90. The maximum absolute atomic E-state index is 6.34. The molecule has 116 valence electrons. The molecule has 0 saturated heterocycles. The first-order valence-corrected chi connectivity index (χ1v) is 8.33. The van der Waals surface area contributed by atoms with Crippen LogP contribution in [0.4, 0.5) is 0 Å². The van der Waals surface area contributed by atoms with Crippen LogP contribution in [0.25, 0.3) is 11.2 Å². The lowest BCUT2D eigenvalue weighted by molar-refractivity contribution is 0.443. The highest BCUT2D eigenvalue weighted by molar-refractivity contribution is 6.20. The van der Waals surface area contributed by atoms with Crippen LogP contribution in [-0.4, -0.2) is 14.5 Å². The number of aryl methyl sites for hydroxylation is 1. The summed E-state index contributed by atoms with van der Waals surface area (Å²) in [7, 11) is 0. The molecular formula is C17H26ClN3. The number of fused-ring (bicyclic) bond motifs is 1. The van der Waals surface area contributed by atoms with Crippen molar-refractivity contribution in [3.8, 4) is 0 Å². The topological polar surface area (TPSA) is 30.7 Å². The highest BCUT2D eigenvalue weighted by atomic mass is 35.5. The first-order valence-electron chi connectivity index (χ1n) is 7.89. The van der Waals surface area contributed by atoms with Crippen LogP contribution in [0.2, 0.25) is 0 Å². The quantitative estimate of drug-likeness (QED) is 0.666. The summed E-state index contributed by atoms with van der Waals surface area (Å²) in [6.45, 7) is 10.8. The molecule has 0 fully saturated rings. The molecule has 0 spiro atoms. The van der Waals surface area contributed by atoms with Crippen molar-refractivity contribution in [3.63, 3.8) is 0 Å². The van der Waals surface area contributed by atoms with Crippen molar-refractivity contribution in [3.05, 3.63) is 23.7 Å². The Bertz CT molecular complexity index is 601. The molecule has 2 aromatic rings. The largest absolute Gasteiger partial charge is 0.309 e. The van der Waals surface area contributed by atoms with Crippen molar-refractivity contribution in [1.29, 1.82) is 0 Å². The lowest BCUT2D eigenvalue weighted by Gasteiger charge is -2.18. The third kappa shape index (κ3) is 3.76. The van der Waals surface area contributed by atoms with E-state index in [-0.39, 0.29) is 5.38 Å². The zero-order chi connectivity index (χ0) is 15.6. The Labute approximate surface area is 132 Å². The fourth-order valence-electron chi connectivity index (χ4n) is 2.75. The molecule has 0 aliphatic heterocycles. The number of rotatable bonds is 6. The van der Waals surface area contributed by atoms with E-state index in [9.17, 15) is 0 Å². The summed E-state index contributed by atoms with van der Waals surface area (Å²) in [6, 6.07) is 4.42. The van der Waals surface area contributed by atoms with Crippen LogP contribution in [0.3, 0.4) is 0 Å². The van der Waals surface area contributed by atoms with E-state index in [1.807, 2.05) is 26.0 Å². The Morgan fingerprint density at radius 2 is 1.81 bits per heavy atom. The monoisotopic (exact) mass is 307 g/mol. The molecule has 2 heterocycles. The van der Waals surface area contributed by atoms with Crippen molar-refractivity contribution in [1.82, 2.24) is 14.5 Å². The van der Waals surface area contributed by atoms with Crippen LogP contribution in [-0.2, 0) is 0 Å². The van der Waals surface area contributed by atoms with E-state index in [4.69, 9.17) is 11.6 Å². The van der Waals surface area contributed by atoms with E-state index in [0.29, 0.717) is 6.04 Å². The fraction of sp³-hybridized carbons (Fsp3) is 0.647. The van der Waals surface area contributed by atoms with Gasteiger partial charge in [-0.1, -0.05) is 26.7 Å². The van der Waals surface area contributed by atoms with Crippen molar-refractivity contribution in [2.45, 2.75) is 65.3 Å². The summed E-state index contributed by atoms with van der Waals surface area (Å²) < 4.78 is 2.24. The van der Waals surface area contributed by atoms with E-state index in [1.54, 1.807) is 0 Å². The van der Waals surface area contributed by atoms with Crippen LogP contribution in [0, 0.1) is 12.8 Å². The minimum atomic E-state index is -0.105. The van der Waals surface area contributed by atoms with Crippen LogP contribution in [0.5, 0.6) is 0 Å². The van der Waals surface area contributed by atoms with E-state index >= 15 is 0 Å². The average Bonchev–Trinajstić information content (AvgIpc) is 2.76. The van der Waals surface area contributed by atoms with Gasteiger partial charge in [-0.05, 0) is 45.2 Å². The number of imidazole rings is 1. The smallest absolute Gasteiger partial charge is 0.160 e. The van der Waals surface area contributed by atoms with Gasteiger partial charge in [-0.15, -0.1) is 11.6 Å². The van der Waals surface area contributed by atoms with Crippen molar-refractivity contribution in [2.24, 2.45) is 5.92 Å². The molecule has 2 aromatic heterocycles. The van der Waals surface area contributed by atoms with E-state index in [0.717, 1.165) is 35.0 Å². The lowest BCUT2D eigenvalue weighted by atomic mass is 10.0. The van der Waals surface area contributed by atoms with Gasteiger partial charge in [0.05, 0.1) is 5.38 Å². The third-order valence-corrected chi connectivity index (χ3v) is 4.10. The number of nitrogens with zero attached hydrogens (tertiary/aromatic N) is 3. The molecule has 0 bridgehead atoms. The number of halogens is 1. The summed E-state index contributed by atoms with van der Waals surface area (Å²) in [5.41, 5.74) is 2.93. The molecule has 0 N–H and O–H groups in total. The summed E-state index contributed by atoms with van der Waals surface area (Å²) in [4.78, 5) is 9.37. The zero-order valence-electron chi connectivity index (χ0n) is 13.7. The number of alkyl halides is 1. The summed E-state index contributed by atoms with van der Waals surface area (Å²) >= 11 is 6.34. The van der Waals surface area contributed by atoms with Crippen molar-refractivity contribution in [2.75, 3.05) is 0 Å². The van der Waals surface area contributed by atoms with Crippen LogP contribution in [0.15, 0.2) is 12.1 Å². The Kier molecular flexibility index (Phi) is 5.26. The highest BCUT2D eigenvalue weighted by Gasteiger charge is 2.20. The molecule has 0 amide bonds. The Balaban J connectivity index is 2.35. The molecule has 3 nitrogen and oxygen atoms in total. The SMILES string of the molecule is Cc1ccc2nc(C(C)Cl)n(C(C)CCCC(C)C)c2n1. The number of pyridine rings is 1. The molecule has 0 aliphatic carbocycles. The molecule has 0 radical (unpaired) electrons. The van der Waals surface area contributed by atoms with Crippen LogP contribution >= 0.6 is 11.6 Å². The van der Waals surface area contributed by atoms with Gasteiger partial charge in [-0.2, -0.15) is 0 Å². The second-order valence-electron chi connectivity index (χ2n) is 6.43. The number of hydrogen-bond acceptors (Lipinski definition) is 2. The molecule has 4 heteroatoms. The Hall–Kier alpha value is -1.09. The summed E-state index contributed by atoms with van der Waals surface area (Å²) in [6.07, 6.45) is 3.62.